The molecule has 2 heterocycles. The van der Waals surface area contributed by atoms with E-state index in [1.165, 1.54) is 0 Å². The van der Waals surface area contributed by atoms with Crippen LogP contribution in [0.25, 0.3) is 0 Å². The van der Waals surface area contributed by atoms with Crippen molar-refractivity contribution in [2.45, 2.75) is 38.8 Å². The lowest BCUT2D eigenvalue weighted by molar-refractivity contribution is -0.170. The van der Waals surface area contributed by atoms with Crippen LogP contribution in [0.3, 0.4) is 0 Å². The fraction of sp³-hybridized carbons (Fsp3) is 0.714. The zero-order chi connectivity index (χ0) is 14.7. The second-order valence-electron chi connectivity index (χ2n) is 6.53. The largest absolute Gasteiger partial charge is 0.377 e. The van der Waals surface area contributed by atoms with Crippen LogP contribution in [0.15, 0.2) is 6.20 Å². The van der Waals surface area contributed by atoms with Gasteiger partial charge in [-0.25, -0.2) is 0 Å². The molecule has 0 radical (unpaired) electrons. The molecular formula is C14H22N4O2. The molecular weight excluding hydrogens is 256 g/mol. The number of carbonyl (C=O) groups is 1. The molecule has 20 heavy (non-hydrogen) atoms. The van der Waals surface area contributed by atoms with Crippen molar-refractivity contribution < 1.29 is 9.53 Å². The van der Waals surface area contributed by atoms with E-state index in [0.29, 0.717) is 6.61 Å². The van der Waals surface area contributed by atoms with E-state index in [2.05, 4.69) is 10.4 Å². The summed E-state index contributed by atoms with van der Waals surface area (Å²) in [5, 5.41) is 7.17. The summed E-state index contributed by atoms with van der Waals surface area (Å²) in [5.41, 5.74) is 6.78. The van der Waals surface area contributed by atoms with Gasteiger partial charge in [0.1, 0.15) is 5.54 Å². The number of fused-ring (bicyclic) bond motifs is 1. The van der Waals surface area contributed by atoms with E-state index in [-0.39, 0.29) is 23.3 Å². The minimum absolute atomic E-state index is 0.0910. The minimum Gasteiger partial charge on any atom is -0.377 e. The van der Waals surface area contributed by atoms with Gasteiger partial charge in [0, 0.05) is 31.2 Å². The van der Waals surface area contributed by atoms with Gasteiger partial charge >= 0.3 is 0 Å². The van der Waals surface area contributed by atoms with Crippen LogP contribution in [0.5, 0.6) is 0 Å². The first-order valence-corrected chi connectivity index (χ1v) is 7.00. The van der Waals surface area contributed by atoms with Crippen LogP contribution in [0.1, 0.15) is 26.0 Å². The molecule has 6 nitrogen and oxygen atoms in total. The number of hydrogen-bond donors (Lipinski definition) is 2. The van der Waals surface area contributed by atoms with Gasteiger partial charge in [-0.15, -0.1) is 0 Å². The maximum atomic E-state index is 12.7. The normalized spacial score (nSPS) is 34.5. The van der Waals surface area contributed by atoms with Crippen molar-refractivity contribution in [3.05, 3.63) is 11.9 Å². The van der Waals surface area contributed by atoms with Crippen molar-refractivity contribution in [2.75, 3.05) is 11.9 Å². The molecule has 1 saturated heterocycles. The van der Waals surface area contributed by atoms with Crippen molar-refractivity contribution >= 4 is 11.6 Å². The highest BCUT2D eigenvalue weighted by atomic mass is 16.5. The molecule has 3 atom stereocenters. The van der Waals surface area contributed by atoms with Crippen LogP contribution < -0.4 is 11.1 Å². The summed E-state index contributed by atoms with van der Waals surface area (Å²) in [7, 11) is 1.83. The lowest BCUT2D eigenvalue weighted by Gasteiger charge is -2.60. The van der Waals surface area contributed by atoms with Gasteiger partial charge in [0.2, 0.25) is 5.91 Å². The Morgan fingerprint density at radius 3 is 2.90 bits per heavy atom. The molecule has 3 rings (SSSR count). The second-order valence-corrected chi connectivity index (χ2v) is 6.53. The molecule has 1 saturated carbocycles. The minimum atomic E-state index is -0.879. The molecule has 3 N–H and O–H groups in total. The number of aryl methyl sites for hydroxylation is 2. The van der Waals surface area contributed by atoms with Gasteiger partial charge in [-0.3, -0.25) is 9.48 Å². The van der Waals surface area contributed by atoms with E-state index < -0.39 is 5.54 Å². The Labute approximate surface area is 118 Å². The predicted molar refractivity (Wildman–Crippen MR) is 75.1 cm³/mol. The van der Waals surface area contributed by atoms with Crippen molar-refractivity contribution in [3.63, 3.8) is 0 Å². The van der Waals surface area contributed by atoms with Crippen LogP contribution in [-0.4, -0.2) is 33.9 Å². The number of hydrogen-bond acceptors (Lipinski definition) is 4. The number of amides is 1. The monoisotopic (exact) mass is 278 g/mol. The topological polar surface area (TPSA) is 82.2 Å². The Morgan fingerprint density at radius 1 is 1.60 bits per heavy atom. The van der Waals surface area contributed by atoms with Crippen LogP contribution in [0.4, 0.5) is 5.69 Å². The van der Waals surface area contributed by atoms with E-state index in [4.69, 9.17) is 10.5 Å². The van der Waals surface area contributed by atoms with Crippen LogP contribution >= 0.6 is 0 Å². The highest BCUT2D eigenvalue weighted by molar-refractivity contribution is 6.00. The number of aromatic nitrogens is 2. The summed E-state index contributed by atoms with van der Waals surface area (Å²) >= 11 is 0. The lowest BCUT2D eigenvalue weighted by Crippen LogP contribution is -2.79. The lowest BCUT2D eigenvalue weighted by atomic mass is 9.48. The smallest absolute Gasteiger partial charge is 0.245 e. The average Bonchev–Trinajstić information content (AvgIpc) is 2.94. The van der Waals surface area contributed by atoms with Gasteiger partial charge in [0.25, 0.3) is 0 Å². The summed E-state index contributed by atoms with van der Waals surface area (Å²) in [4.78, 5) is 12.7. The molecule has 0 bridgehead atoms. The molecule has 1 aromatic rings. The molecule has 1 aliphatic carbocycles. The molecule has 6 heteroatoms. The zero-order valence-corrected chi connectivity index (χ0v) is 12.4. The van der Waals surface area contributed by atoms with Crippen molar-refractivity contribution in [1.82, 2.24) is 9.78 Å². The third-order valence-electron chi connectivity index (χ3n) is 5.09. The van der Waals surface area contributed by atoms with Crippen molar-refractivity contribution in [3.8, 4) is 0 Å². The van der Waals surface area contributed by atoms with Gasteiger partial charge < -0.3 is 15.8 Å². The molecule has 2 fully saturated rings. The highest BCUT2D eigenvalue weighted by Gasteiger charge is 2.71. The van der Waals surface area contributed by atoms with E-state index in [1.54, 1.807) is 10.9 Å². The zero-order valence-electron chi connectivity index (χ0n) is 12.4. The quantitative estimate of drug-likeness (QED) is 0.838. The first kappa shape index (κ1) is 13.6. The number of rotatable bonds is 2. The van der Waals surface area contributed by atoms with Crippen LogP contribution in [0.2, 0.25) is 0 Å². The van der Waals surface area contributed by atoms with Crippen LogP contribution in [0, 0.1) is 18.3 Å². The summed E-state index contributed by atoms with van der Waals surface area (Å²) < 4.78 is 7.40. The fourth-order valence-corrected chi connectivity index (χ4v) is 3.79. The molecule has 3 unspecified atom stereocenters. The maximum Gasteiger partial charge on any atom is 0.245 e. The van der Waals surface area contributed by atoms with E-state index in [9.17, 15) is 4.79 Å². The third kappa shape index (κ3) is 1.52. The molecule has 1 aliphatic heterocycles. The molecule has 2 aliphatic rings. The summed E-state index contributed by atoms with van der Waals surface area (Å²) in [6, 6.07) is 0. The summed E-state index contributed by atoms with van der Waals surface area (Å²) in [6.45, 7) is 6.58. The van der Waals surface area contributed by atoms with E-state index in [0.717, 1.165) is 17.8 Å². The predicted octanol–water partition coefficient (Wildman–Crippen LogP) is 0.809. The third-order valence-corrected chi connectivity index (χ3v) is 5.09. The van der Waals surface area contributed by atoms with Gasteiger partial charge in [-0.1, -0.05) is 13.8 Å². The van der Waals surface area contributed by atoms with Gasteiger partial charge in [-0.05, 0) is 13.3 Å². The van der Waals surface area contributed by atoms with E-state index >= 15 is 0 Å². The number of nitrogens with zero attached hydrogens (tertiary/aromatic N) is 2. The van der Waals surface area contributed by atoms with Crippen LogP contribution in [-0.2, 0) is 16.6 Å². The van der Waals surface area contributed by atoms with E-state index in [1.807, 2.05) is 27.8 Å². The first-order chi connectivity index (χ1) is 9.28. The fourth-order valence-electron chi connectivity index (χ4n) is 3.79. The molecule has 0 spiro atoms. The highest BCUT2D eigenvalue weighted by Crippen LogP contribution is 2.58. The number of nitrogens with two attached hydrogens (primary N) is 1. The Kier molecular flexibility index (Phi) is 2.75. The first-order valence-electron chi connectivity index (χ1n) is 7.00. The maximum absolute atomic E-state index is 12.7. The summed E-state index contributed by atoms with van der Waals surface area (Å²) in [6.07, 6.45) is 2.74. The molecule has 110 valence electrons. The second kappa shape index (κ2) is 4.05. The van der Waals surface area contributed by atoms with Crippen molar-refractivity contribution in [2.24, 2.45) is 24.1 Å². The molecule has 1 amide bonds. The van der Waals surface area contributed by atoms with Gasteiger partial charge in [0.15, 0.2) is 0 Å². The number of carbonyl (C=O) groups excluding carboxylic acids is 1. The number of nitrogens with one attached hydrogen (secondary N) is 1. The summed E-state index contributed by atoms with van der Waals surface area (Å²) in [5.74, 6) is -0.0279. The van der Waals surface area contributed by atoms with Gasteiger partial charge in [-0.2, -0.15) is 5.10 Å². The Morgan fingerprint density at radius 2 is 2.30 bits per heavy atom. The Hall–Kier alpha value is -1.40. The Balaban J connectivity index is 1.85. The molecule has 0 aromatic carbocycles. The van der Waals surface area contributed by atoms with Crippen molar-refractivity contribution in [1.29, 1.82) is 0 Å². The Bertz CT molecular complexity index is 566. The SMILES string of the molecule is Cc1nn(C)cc1NC(=O)C1(N)C2CCOC2C1(C)C. The average molecular weight is 278 g/mol. The number of anilines is 1. The number of ether oxygens (including phenoxy) is 1. The van der Waals surface area contributed by atoms with Gasteiger partial charge in [0.05, 0.1) is 17.5 Å². The standard InChI is InChI=1S/C14H22N4O2/c1-8-10(7-18(4)17-8)16-12(19)14(15)9-5-6-20-11(9)13(14,2)3/h7,9,11H,5-6,15H2,1-4H3,(H,16,19). The molecule has 1 aromatic heterocycles.